The van der Waals surface area contributed by atoms with Crippen LogP contribution in [0.3, 0.4) is 0 Å². The number of hydrogen-bond acceptors (Lipinski definition) is 3. The molecule has 0 heterocycles. The number of nitrogens with one attached hydrogen (secondary N) is 1. The highest BCUT2D eigenvalue weighted by atomic mass is 35.5. The number of carbonyl (C=O) groups is 1. The summed E-state index contributed by atoms with van der Waals surface area (Å²) in [5.41, 5.74) is 5.47. The van der Waals surface area contributed by atoms with Gasteiger partial charge in [-0.3, -0.25) is 4.79 Å². The zero-order valence-electron chi connectivity index (χ0n) is 8.86. The van der Waals surface area contributed by atoms with Crippen molar-refractivity contribution in [1.29, 1.82) is 0 Å². The fourth-order valence-corrected chi connectivity index (χ4v) is 1.10. The van der Waals surface area contributed by atoms with Crippen LogP contribution in [0.5, 0.6) is 5.75 Å². The Bertz CT molecular complexity index is 364. The number of ether oxygens (including phenoxy) is 1. The van der Waals surface area contributed by atoms with Crippen molar-refractivity contribution in [3.8, 4) is 5.75 Å². The Kier molecular flexibility index (Phi) is 7.16. The van der Waals surface area contributed by atoms with Crippen molar-refractivity contribution >= 4 is 18.3 Å². The van der Waals surface area contributed by atoms with Gasteiger partial charge < -0.3 is 15.8 Å². The highest BCUT2D eigenvalue weighted by Crippen LogP contribution is 2.15. The van der Waals surface area contributed by atoms with Crippen LogP contribution in [0, 0.1) is 0 Å². The Hall–Kier alpha value is -1.40. The number of amides is 1. The molecule has 0 aliphatic carbocycles. The largest absolute Gasteiger partial charge is 0.435 e. The first-order valence-electron chi connectivity index (χ1n) is 4.66. The van der Waals surface area contributed by atoms with Crippen LogP contribution in [0.4, 0.5) is 8.78 Å². The van der Waals surface area contributed by atoms with Gasteiger partial charge in [0.15, 0.2) is 0 Å². The second kappa shape index (κ2) is 7.81. The molecular formula is C10H13ClF2N2O2. The summed E-state index contributed by atoms with van der Waals surface area (Å²) in [4.78, 5) is 11.4. The van der Waals surface area contributed by atoms with Crippen molar-refractivity contribution < 1.29 is 18.3 Å². The minimum atomic E-state index is -2.90. The SMILES string of the molecule is Cl.NCCNC(=O)c1cccc(OC(F)F)c1. The van der Waals surface area contributed by atoms with E-state index in [-0.39, 0.29) is 29.6 Å². The lowest BCUT2D eigenvalue weighted by atomic mass is 10.2. The minimum Gasteiger partial charge on any atom is -0.435 e. The minimum absolute atomic E-state index is 0. The van der Waals surface area contributed by atoms with Crippen LogP contribution in [0.2, 0.25) is 0 Å². The van der Waals surface area contributed by atoms with Crippen LogP contribution in [-0.4, -0.2) is 25.6 Å². The monoisotopic (exact) mass is 266 g/mol. The van der Waals surface area contributed by atoms with Gasteiger partial charge in [0.1, 0.15) is 5.75 Å². The maximum Gasteiger partial charge on any atom is 0.387 e. The Labute approximate surface area is 104 Å². The molecule has 0 aromatic heterocycles. The Morgan fingerprint density at radius 3 is 2.76 bits per heavy atom. The summed E-state index contributed by atoms with van der Waals surface area (Å²) in [6.07, 6.45) is 0. The molecule has 0 aliphatic rings. The van der Waals surface area contributed by atoms with E-state index in [0.29, 0.717) is 13.1 Å². The van der Waals surface area contributed by atoms with E-state index in [1.54, 1.807) is 0 Å². The number of halogens is 3. The molecule has 0 unspecified atom stereocenters. The van der Waals surface area contributed by atoms with E-state index in [0.717, 1.165) is 0 Å². The molecule has 0 bridgehead atoms. The first-order chi connectivity index (χ1) is 7.63. The van der Waals surface area contributed by atoms with Gasteiger partial charge in [-0.25, -0.2) is 0 Å². The second-order valence-electron chi connectivity index (χ2n) is 2.95. The van der Waals surface area contributed by atoms with E-state index >= 15 is 0 Å². The van der Waals surface area contributed by atoms with E-state index in [1.165, 1.54) is 24.3 Å². The smallest absolute Gasteiger partial charge is 0.387 e. The number of hydrogen-bond donors (Lipinski definition) is 2. The molecule has 0 radical (unpaired) electrons. The van der Waals surface area contributed by atoms with Gasteiger partial charge in [0.25, 0.3) is 5.91 Å². The third-order valence-electron chi connectivity index (χ3n) is 1.75. The average Bonchev–Trinajstić information content (AvgIpc) is 2.25. The molecule has 4 nitrogen and oxygen atoms in total. The first-order valence-corrected chi connectivity index (χ1v) is 4.66. The Morgan fingerprint density at radius 1 is 1.47 bits per heavy atom. The maximum absolute atomic E-state index is 11.9. The van der Waals surface area contributed by atoms with Crippen LogP contribution >= 0.6 is 12.4 Å². The summed E-state index contributed by atoms with van der Waals surface area (Å²) in [6, 6.07) is 5.57. The number of nitrogens with two attached hydrogens (primary N) is 1. The van der Waals surface area contributed by atoms with Crippen molar-refractivity contribution in [2.75, 3.05) is 13.1 Å². The Morgan fingerprint density at radius 2 is 2.18 bits per heavy atom. The number of rotatable bonds is 5. The van der Waals surface area contributed by atoms with Gasteiger partial charge in [-0.2, -0.15) is 8.78 Å². The second-order valence-corrected chi connectivity index (χ2v) is 2.95. The fourth-order valence-electron chi connectivity index (χ4n) is 1.10. The quantitative estimate of drug-likeness (QED) is 0.847. The van der Waals surface area contributed by atoms with Crippen molar-refractivity contribution in [2.45, 2.75) is 6.61 Å². The van der Waals surface area contributed by atoms with Crippen molar-refractivity contribution in [3.05, 3.63) is 29.8 Å². The normalized spacial score (nSPS) is 9.65. The van der Waals surface area contributed by atoms with Crippen molar-refractivity contribution in [1.82, 2.24) is 5.32 Å². The molecule has 1 aromatic rings. The van der Waals surface area contributed by atoms with Crippen LogP contribution in [0.25, 0.3) is 0 Å². The summed E-state index contributed by atoms with van der Waals surface area (Å²) in [5, 5.41) is 2.52. The van der Waals surface area contributed by atoms with Crippen LogP contribution < -0.4 is 15.8 Å². The molecule has 96 valence electrons. The van der Waals surface area contributed by atoms with E-state index in [4.69, 9.17) is 5.73 Å². The zero-order chi connectivity index (χ0) is 12.0. The zero-order valence-corrected chi connectivity index (χ0v) is 9.68. The van der Waals surface area contributed by atoms with Gasteiger partial charge in [0.2, 0.25) is 0 Å². The molecule has 0 saturated carbocycles. The summed E-state index contributed by atoms with van der Waals surface area (Å²) >= 11 is 0. The summed E-state index contributed by atoms with van der Waals surface area (Å²) < 4.78 is 28.0. The summed E-state index contributed by atoms with van der Waals surface area (Å²) in [6.45, 7) is -2.25. The number of carbonyl (C=O) groups excluding carboxylic acids is 1. The summed E-state index contributed by atoms with van der Waals surface area (Å²) in [7, 11) is 0. The molecule has 1 rings (SSSR count). The lowest BCUT2D eigenvalue weighted by Crippen LogP contribution is -2.28. The average molecular weight is 267 g/mol. The fraction of sp³-hybridized carbons (Fsp3) is 0.300. The van der Waals surface area contributed by atoms with E-state index in [1.807, 2.05) is 0 Å². The van der Waals surface area contributed by atoms with E-state index < -0.39 is 6.61 Å². The molecule has 1 amide bonds. The third kappa shape index (κ3) is 5.46. The summed E-state index contributed by atoms with van der Waals surface area (Å²) in [5.74, 6) is -0.416. The molecule has 0 spiro atoms. The maximum atomic E-state index is 11.9. The lowest BCUT2D eigenvalue weighted by molar-refractivity contribution is -0.0498. The molecule has 17 heavy (non-hydrogen) atoms. The number of alkyl halides is 2. The van der Waals surface area contributed by atoms with E-state index in [9.17, 15) is 13.6 Å². The highest BCUT2D eigenvalue weighted by molar-refractivity contribution is 5.94. The van der Waals surface area contributed by atoms with Crippen LogP contribution in [0.1, 0.15) is 10.4 Å². The van der Waals surface area contributed by atoms with Gasteiger partial charge in [-0.05, 0) is 18.2 Å². The Balaban J connectivity index is 0.00000256. The number of benzene rings is 1. The third-order valence-corrected chi connectivity index (χ3v) is 1.75. The van der Waals surface area contributed by atoms with Gasteiger partial charge >= 0.3 is 6.61 Å². The van der Waals surface area contributed by atoms with Crippen molar-refractivity contribution in [3.63, 3.8) is 0 Å². The molecule has 0 atom stereocenters. The predicted molar refractivity (Wildman–Crippen MR) is 61.7 cm³/mol. The molecule has 7 heteroatoms. The van der Waals surface area contributed by atoms with Gasteiger partial charge in [-0.15, -0.1) is 12.4 Å². The van der Waals surface area contributed by atoms with Crippen LogP contribution in [0.15, 0.2) is 24.3 Å². The van der Waals surface area contributed by atoms with E-state index in [2.05, 4.69) is 10.1 Å². The first kappa shape index (κ1) is 15.6. The van der Waals surface area contributed by atoms with Gasteiger partial charge in [-0.1, -0.05) is 6.07 Å². The van der Waals surface area contributed by atoms with Gasteiger partial charge in [0, 0.05) is 18.7 Å². The van der Waals surface area contributed by atoms with Crippen LogP contribution in [-0.2, 0) is 0 Å². The predicted octanol–water partition coefficient (Wildman–Crippen LogP) is 1.40. The topological polar surface area (TPSA) is 64.3 Å². The molecule has 0 fully saturated rings. The molecule has 1 aromatic carbocycles. The van der Waals surface area contributed by atoms with Crippen molar-refractivity contribution in [2.24, 2.45) is 5.73 Å². The molecule has 0 aliphatic heterocycles. The lowest BCUT2D eigenvalue weighted by Gasteiger charge is -2.07. The standard InChI is InChI=1S/C10H12F2N2O2.ClH/c11-10(12)16-8-3-1-2-7(6-8)9(15)14-5-4-13;/h1-3,6,10H,4-5,13H2,(H,14,15);1H. The van der Waals surface area contributed by atoms with Gasteiger partial charge in [0.05, 0.1) is 0 Å². The highest BCUT2D eigenvalue weighted by Gasteiger charge is 2.08. The molecule has 3 N–H and O–H groups in total. The molecular weight excluding hydrogens is 254 g/mol. The molecule has 0 saturated heterocycles.